The van der Waals surface area contributed by atoms with E-state index in [4.69, 9.17) is 9.94 Å². The number of hydroxylamine groups is 1. The fourth-order valence-corrected chi connectivity index (χ4v) is 2.73. The highest BCUT2D eigenvalue weighted by Crippen LogP contribution is 2.19. The van der Waals surface area contributed by atoms with Crippen molar-refractivity contribution < 1.29 is 24.3 Å². The molecule has 29 heavy (non-hydrogen) atoms. The number of hydrazone groups is 1. The summed E-state index contributed by atoms with van der Waals surface area (Å²) in [5.41, 5.74) is 4.32. The van der Waals surface area contributed by atoms with Gasteiger partial charge in [0.15, 0.2) is 0 Å². The van der Waals surface area contributed by atoms with Gasteiger partial charge in [0.25, 0.3) is 11.8 Å². The van der Waals surface area contributed by atoms with Gasteiger partial charge in [-0.05, 0) is 57.4 Å². The number of likely N-dealkylation sites (tertiary alicyclic amines) is 1. The lowest BCUT2D eigenvalue weighted by atomic mass is 10.1. The standard InChI is InChI=1S/C20H26N4O5/c1-20(2,3)29-19(27)24-11-5-8-16(24)13-21-22-18(26)15-7-4-6-14(12-15)9-10-17(25)23-28/h4,6-7,9-10,12-13,16,28H,5,8,11H2,1-3H3,(H,22,26)(H,23,25)/b10-9+,21-13+/t16-/m0/s1. The molecule has 1 aromatic carbocycles. The number of carbonyl (C=O) groups excluding carboxylic acids is 3. The second kappa shape index (κ2) is 9.83. The van der Waals surface area contributed by atoms with E-state index in [-0.39, 0.29) is 6.04 Å². The van der Waals surface area contributed by atoms with Crippen molar-refractivity contribution in [3.63, 3.8) is 0 Å². The van der Waals surface area contributed by atoms with E-state index in [1.807, 2.05) is 20.8 Å². The number of rotatable bonds is 5. The maximum absolute atomic E-state index is 12.3. The van der Waals surface area contributed by atoms with Crippen molar-refractivity contribution in [2.75, 3.05) is 6.54 Å². The summed E-state index contributed by atoms with van der Waals surface area (Å²) in [6.07, 6.45) is 5.31. The largest absolute Gasteiger partial charge is 0.444 e. The molecule has 1 aliphatic heterocycles. The molecular formula is C20H26N4O5. The monoisotopic (exact) mass is 402 g/mol. The summed E-state index contributed by atoms with van der Waals surface area (Å²) in [4.78, 5) is 37.2. The number of nitrogens with one attached hydrogen (secondary N) is 2. The van der Waals surface area contributed by atoms with Crippen LogP contribution in [0.25, 0.3) is 6.08 Å². The van der Waals surface area contributed by atoms with Gasteiger partial charge in [-0.1, -0.05) is 12.1 Å². The Kier molecular flexibility index (Phi) is 7.49. The number of benzene rings is 1. The Morgan fingerprint density at radius 2 is 2.07 bits per heavy atom. The van der Waals surface area contributed by atoms with Crippen LogP contribution in [0.4, 0.5) is 4.79 Å². The molecule has 1 aromatic rings. The summed E-state index contributed by atoms with van der Waals surface area (Å²) in [5.74, 6) is -1.10. The summed E-state index contributed by atoms with van der Waals surface area (Å²) >= 11 is 0. The van der Waals surface area contributed by atoms with Gasteiger partial charge in [-0.2, -0.15) is 5.10 Å². The van der Waals surface area contributed by atoms with Gasteiger partial charge >= 0.3 is 6.09 Å². The lowest BCUT2D eigenvalue weighted by Crippen LogP contribution is -2.40. The van der Waals surface area contributed by atoms with Gasteiger partial charge in [0.2, 0.25) is 0 Å². The van der Waals surface area contributed by atoms with Crippen LogP contribution in [0.15, 0.2) is 35.4 Å². The van der Waals surface area contributed by atoms with Crippen molar-refractivity contribution in [2.24, 2.45) is 5.10 Å². The van der Waals surface area contributed by atoms with E-state index in [2.05, 4.69) is 10.5 Å². The van der Waals surface area contributed by atoms with Gasteiger partial charge in [0.05, 0.1) is 6.04 Å². The predicted molar refractivity (Wildman–Crippen MR) is 107 cm³/mol. The zero-order valence-electron chi connectivity index (χ0n) is 16.7. The number of amides is 3. The van der Waals surface area contributed by atoms with Crippen LogP contribution in [0.2, 0.25) is 0 Å². The van der Waals surface area contributed by atoms with Crippen LogP contribution in [-0.4, -0.2) is 52.4 Å². The third-order valence-electron chi connectivity index (χ3n) is 4.03. The van der Waals surface area contributed by atoms with Gasteiger partial charge in [-0.3, -0.25) is 14.8 Å². The lowest BCUT2D eigenvalue weighted by molar-refractivity contribution is -0.124. The maximum atomic E-state index is 12.3. The zero-order valence-corrected chi connectivity index (χ0v) is 16.7. The van der Waals surface area contributed by atoms with E-state index in [0.29, 0.717) is 17.7 Å². The number of ether oxygens (including phenoxy) is 1. The molecule has 9 nitrogen and oxygen atoms in total. The molecule has 0 unspecified atom stereocenters. The van der Waals surface area contributed by atoms with Crippen molar-refractivity contribution in [1.82, 2.24) is 15.8 Å². The third-order valence-corrected chi connectivity index (χ3v) is 4.03. The van der Waals surface area contributed by atoms with Crippen molar-refractivity contribution >= 4 is 30.2 Å². The second-order valence-corrected chi connectivity index (χ2v) is 7.54. The van der Waals surface area contributed by atoms with Crippen LogP contribution in [-0.2, 0) is 9.53 Å². The Bertz CT molecular complexity index is 813. The van der Waals surface area contributed by atoms with Crippen LogP contribution in [0, 0.1) is 0 Å². The third kappa shape index (κ3) is 7.04. The first-order chi connectivity index (χ1) is 13.7. The molecule has 1 atom stereocenters. The average Bonchev–Trinajstić information content (AvgIpc) is 3.13. The fourth-order valence-electron chi connectivity index (χ4n) is 2.73. The van der Waals surface area contributed by atoms with Gasteiger partial charge in [0.1, 0.15) is 5.60 Å². The van der Waals surface area contributed by atoms with Crippen molar-refractivity contribution in [3.8, 4) is 0 Å². The molecule has 0 aromatic heterocycles. The number of carbonyl (C=O) groups is 3. The second-order valence-electron chi connectivity index (χ2n) is 7.54. The molecule has 2 rings (SSSR count). The molecule has 0 spiro atoms. The van der Waals surface area contributed by atoms with E-state index in [9.17, 15) is 14.4 Å². The van der Waals surface area contributed by atoms with Crippen molar-refractivity contribution in [3.05, 3.63) is 41.5 Å². The Morgan fingerprint density at radius 1 is 1.31 bits per heavy atom. The molecule has 156 valence electrons. The molecule has 1 saturated heterocycles. The molecule has 1 fully saturated rings. The first-order valence-electron chi connectivity index (χ1n) is 9.25. The van der Waals surface area contributed by atoms with Crippen LogP contribution < -0.4 is 10.9 Å². The molecule has 9 heteroatoms. The molecular weight excluding hydrogens is 376 g/mol. The van der Waals surface area contributed by atoms with Gasteiger partial charge < -0.3 is 9.64 Å². The first kappa shape index (κ1) is 22.1. The molecule has 0 saturated carbocycles. The molecule has 1 aliphatic rings. The van der Waals surface area contributed by atoms with Crippen molar-refractivity contribution in [2.45, 2.75) is 45.3 Å². The lowest BCUT2D eigenvalue weighted by Gasteiger charge is -2.26. The van der Waals surface area contributed by atoms with Gasteiger partial charge in [-0.25, -0.2) is 15.7 Å². The number of hydrogen-bond acceptors (Lipinski definition) is 6. The van der Waals surface area contributed by atoms with Gasteiger partial charge in [0, 0.05) is 24.4 Å². The molecule has 0 bridgehead atoms. The van der Waals surface area contributed by atoms with Crippen LogP contribution in [0.3, 0.4) is 0 Å². The Morgan fingerprint density at radius 3 is 2.76 bits per heavy atom. The molecule has 3 N–H and O–H groups in total. The van der Waals surface area contributed by atoms with Crippen LogP contribution in [0.1, 0.15) is 49.5 Å². The minimum Gasteiger partial charge on any atom is -0.444 e. The minimum atomic E-state index is -0.671. The predicted octanol–water partition coefficient (Wildman–Crippen LogP) is 2.32. The molecule has 0 aliphatic carbocycles. The maximum Gasteiger partial charge on any atom is 0.410 e. The van der Waals surface area contributed by atoms with E-state index in [0.717, 1.165) is 18.9 Å². The SMILES string of the molecule is CC(C)(C)OC(=O)N1CCC[C@H]1/C=N/NC(=O)c1cccc(/C=C/C(=O)NO)c1. The van der Waals surface area contributed by atoms with E-state index in [1.54, 1.807) is 29.2 Å². The highest BCUT2D eigenvalue weighted by atomic mass is 16.6. The summed E-state index contributed by atoms with van der Waals surface area (Å²) in [5, 5.41) is 12.5. The van der Waals surface area contributed by atoms with E-state index >= 15 is 0 Å². The van der Waals surface area contributed by atoms with Crippen LogP contribution in [0.5, 0.6) is 0 Å². The van der Waals surface area contributed by atoms with Gasteiger partial charge in [-0.15, -0.1) is 0 Å². The minimum absolute atomic E-state index is 0.239. The Balaban J connectivity index is 1.96. The van der Waals surface area contributed by atoms with E-state index in [1.165, 1.54) is 17.8 Å². The summed E-state index contributed by atoms with van der Waals surface area (Å²) in [7, 11) is 0. The summed E-state index contributed by atoms with van der Waals surface area (Å²) < 4.78 is 5.40. The van der Waals surface area contributed by atoms with Crippen molar-refractivity contribution in [1.29, 1.82) is 0 Å². The smallest absolute Gasteiger partial charge is 0.410 e. The fraction of sp³-hybridized carbons (Fsp3) is 0.400. The summed E-state index contributed by atoms with van der Waals surface area (Å²) in [6.45, 7) is 6.01. The normalized spacial score (nSPS) is 17.0. The average molecular weight is 402 g/mol. The quantitative estimate of drug-likeness (QED) is 0.302. The molecule has 3 amide bonds. The van der Waals surface area contributed by atoms with Crippen LogP contribution >= 0.6 is 0 Å². The number of nitrogens with zero attached hydrogens (tertiary/aromatic N) is 2. The zero-order chi connectivity index (χ0) is 21.4. The first-order valence-corrected chi connectivity index (χ1v) is 9.25. The topological polar surface area (TPSA) is 120 Å². The number of hydrogen-bond donors (Lipinski definition) is 3. The molecule has 1 heterocycles. The summed E-state index contributed by atoms with van der Waals surface area (Å²) in [6, 6.07) is 6.32. The Hall–Kier alpha value is -3.20. The highest BCUT2D eigenvalue weighted by molar-refractivity contribution is 5.96. The Labute approximate surface area is 169 Å². The molecule has 0 radical (unpaired) electrons. The van der Waals surface area contributed by atoms with E-state index < -0.39 is 23.5 Å². The highest BCUT2D eigenvalue weighted by Gasteiger charge is 2.31.